The Balaban J connectivity index is 2.57. The van der Waals surface area contributed by atoms with E-state index in [1.165, 1.54) is 13.8 Å². The molecule has 2 aromatic carbocycles. The Kier molecular flexibility index (Phi) is 6.12. The molecule has 0 unspecified atom stereocenters. The van der Waals surface area contributed by atoms with Gasteiger partial charge in [-0.05, 0) is 54.0 Å². The maximum absolute atomic E-state index is 13.1. The van der Waals surface area contributed by atoms with E-state index in [0.29, 0.717) is 21.7 Å². The predicted molar refractivity (Wildman–Crippen MR) is 117 cm³/mol. The maximum Gasteiger partial charge on any atom is 0.303 e. The minimum Gasteiger partial charge on any atom is -0.294 e. The molecule has 2 aromatic rings. The van der Waals surface area contributed by atoms with Gasteiger partial charge < -0.3 is 0 Å². The molecule has 0 radical (unpaired) electrons. The highest BCUT2D eigenvalue weighted by Crippen LogP contribution is 2.31. The Morgan fingerprint density at radius 2 is 1.21 bits per heavy atom. The molecule has 0 fully saturated rings. The van der Waals surface area contributed by atoms with E-state index in [2.05, 4.69) is 26.2 Å². The van der Waals surface area contributed by atoms with Gasteiger partial charge in [-0.3, -0.25) is 9.59 Å². The molecule has 154 valence electrons. The zero-order valence-electron chi connectivity index (χ0n) is 18.6. The molecule has 0 amide bonds. The SMILES string of the molecule is CC(=O)c1ccc(C(C)(C)C)cc1N[N+](=O)c1cc(C(C)(C)C)ccc1C(C)=O. The zero-order chi connectivity index (χ0) is 22.1. The number of hydrogen-bond acceptors (Lipinski definition) is 3. The number of ketones is 2. The van der Waals surface area contributed by atoms with Gasteiger partial charge in [0.05, 0.1) is 10.5 Å². The normalized spacial score (nSPS) is 11.9. The fourth-order valence-corrected chi connectivity index (χ4v) is 3.04. The van der Waals surface area contributed by atoms with Crippen molar-refractivity contribution < 1.29 is 14.5 Å². The van der Waals surface area contributed by atoms with Crippen LogP contribution in [-0.4, -0.2) is 16.4 Å². The summed E-state index contributed by atoms with van der Waals surface area (Å²) in [7, 11) is 0. The first-order valence-electron chi connectivity index (χ1n) is 9.76. The smallest absolute Gasteiger partial charge is 0.294 e. The fourth-order valence-electron chi connectivity index (χ4n) is 3.04. The van der Waals surface area contributed by atoms with E-state index in [4.69, 9.17) is 0 Å². The van der Waals surface area contributed by atoms with Crippen LogP contribution in [0, 0.1) is 4.91 Å². The molecular formula is C24H31N2O3+. The van der Waals surface area contributed by atoms with E-state index in [0.717, 1.165) is 11.1 Å². The molecule has 1 N–H and O–H groups in total. The lowest BCUT2D eigenvalue weighted by molar-refractivity contribution is -0.428. The molecule has 5 heteroatoms. The van der Waals surface area contributed by atoms with Gasteiger partial charge in [-0.15, -0.1) is 5.43 Å². The molecule has 0 saturated carbocycles. The first-order chi connectivity index (χ1) is 13.2. The lowest BCUT2D eigenvalue weighted by Gasteiger charge is -2.20. The molecule has 0 bridgehead atoms. The summed E-state index contributed by atoms with van der Waals surface area (Å²) in [5, 5.41) is 0. The van der Waals surface area contributed by atoms with Gasteiger partial charge in [-0.25, -0.2) is 0 Å². The number of carbonyl (C=O) groups excluding carboxylic acids is 2. The number of hydrazine groups is 1. The third-order valence-electron chi connectivity index (χ3n) is 4.95. The summed E-state index contributed by atoms with van der Waals surface area (Å²) >= 11 is 0. The Bertz CT molecular complexity index is 977. The van der Waals surface area contributed by atoms with Crippen molar-refractivity contribution in [2.75, 3.05) is 5.43 Å². The third kappa shape index (κ3) is 5.17. The summed E-state index contributed by atoms with van der Waals surface area (Å²) in [5.41, 5.74) is 5.83. The molecule has 5 nitrogen and oxygen atoms in total. The molecule has 0 aliphatic carbocycles. The summed E-state index contributed by atoms with van der Waals surface area (Å²) in [4.78, 5) is 37.9. The van der Waals surface area contributed by atoms with Crippen LogP contribution in [0.1, 0.15) is 87.2 Å². The Morgan fingerprint density at radius 3 is 1.66 bits per heavy atom. The van der Waals surface area contributed by atoms with Gasteiger partial charge in [0.1, 0.15) is 5.69 Å². The van der Waals surface area contributed by atoms with Crippen molar-refractivity contribution in [1.82, 2.24) is 0 Å². The zero-order valence-corrected chi connectivity index (χ0v) is 18.6. The van der Waals surface area contributed by atoms with Crippen LogP contribution in [0.5, 0.6) is 0 Å². The van der Waals surface area contributed by atoms with Gasteiger partial charge in [-0.1, -0.05) is 53.7 Å². The van der Waals surface area contributed by atoms with E-state index in [1.807, 2.05) is 39.0 Å². The second-order valence-electron chi connectivity index (χ2n) is 9.51. The number of nitrogens with one attached hydrogen (secondary N) is 1. The van der Waals surface area contributed by atoms with E-state index in [9.17, 15) is 14.5 Å². The minimum atomic E-state index is -0.196. The third-order valence-corrected chi connectivity index (χ3v) is 4.95. The van der Waals surface area contributed by atoms with Crippen LogP contribution in [0.3, 0.4) is 0 Å². The molecule has 0 aliphatic rings. The monoisotopic (exact) mass is 395 g/mol. The number of nitrogens with zero attached hydrogens (tertiary/aromatic N) is 1. The molecule has 2 rings (SSSR count). The van der Waals surface area contributed by atoms with Crippen LogP contribution in [0.15, 0.2) is 36.4 Å². The summed E-state index contributed by atoms with van der Waals surface area (Å²) < 4.78 is 0. The van der Waals surface area contributed by atoms with Crippen molar-refractivity contribution in [3.63, 3.8) is 0 Å². The molecule has 0 heterocycles. The first-order valence-corrected chi connectivity index (χ1v) is 9.76. The van der Waals surface area contributed by atoms with Crippen LogP contribution < -0.4 is 5.43 Å². The molecular weight excluding hydrogens is 364 g/mol. The number of carbonyl (C=O) groups is 2. The van der Waals surface area contributed by atoms with Crippen molar-refractivity contribution in [3.8, 4) is 0 Å². The standard InChI is InChI=1S/C24H30N2O3/c1-15(27)19-11-9-17(23(3,4)5)13-21(19)25-26(29)22-14-18(24(6,7)8)10-12-20(22)16(2)28/h9-14H,1-8H3/p+1. The van der Waals surface area contributed by atoms with Gasteiger partial charge in [0.2, 0.25) is 0 Å². The minimum absolute atomic E-state index is 0.142. The van der Waals surface area contributed by atoms with Crippen LogP contribution in [0.25, 0.3) is 0 Å². The largest absolute Gasteiger partial charge is 0.303 e. The molecule has 0 aromatic heterocycles. The maximum atomic E-state index is 13.1. The van der Waals surface area contributed by atoms with Gasteiger partial charge >= 0.3 is 5.69 Å². The predicted octanol–water partition coefficient (Wildman–Crippen LogP) is 6.12. The number of anilines is 1. The van der Waals surface area contributed by atoms with E-state index >= 15 is 0 Å². The highest BCUT2D eigenvalue weighted by atomic mass is 16.3. The second-order valence-corrected chi connectivity index (χ2v) is 9.51. The number of benzene rings is 2. The average molecular weight is 396 g/mol. The van der Waals surface area contributed by atoms with Crippen molar-refractivity contribution >= 4 is 22.9 Å². The second kappa shape index (κ2) is 7.90. The van der Waals surface area contributed by atoms with E-state index in [-0.39, 0.29) is 28.1 Å². The summed E-state index contributed by atoms with van der Waals surface area (Å²) in [6.07, 6.45) is 0. The fraction of sp³-hybridized carbons (Fsp3) is 0.417. The summed E-state index contributed by atoms with van der Waals surface area (Å²) in [6, 6.07) is 10.7. The summed E-state index contributed by atoms with van der Waals surface area (Å²) in [6.45, 7) is 15.2. The lowest BCUT2D eigenvalue weighted by atomic mass is 9.85. The number of hydrogen-bond donors (Lipinski definition) is 1. The molecule has 0 spiro atoms. The first kappa shape index (κ1) is 22.5. The number of Topliss-reactive ketones (excluding diaryl/α,β-unsaturated/α-hetero) is 2. The average Bonchev–Trinajstić information content (AvgIpc) is 2.59. The Hall–Kier alpha value is -2.82. The highest BCUT2D eigenvalue weighted by molar-refractivity contribution is 6.00. The van der Waals surface area contributed by atoms with Gasteiger partial charge in [-0.2, -0.15) is 0 Å². The van der Waals surface area contributed by atoms with Gasteiger partial charge in [0, 0.05) is 11.6 Å². The van der Waals surface area contributed by atoms with Crippen molar-refractivity contribution in [2.45, 2.75) is 66.2 Å². The van der Waals surface area contributed by atoms with Crippen molar-refractivity contribution in [2.24, 2.45) is 0 Å². The van der Waals surface area contributed by atoms with Crippen molar-refractivity contribution in [1.29, 1.82) is 0 Å². The molecule has 0 aliphatic heterocycles. The van der Waals surface area contributed by atoms with Crippen LogP contribution >= 0.6 is 0 Å². The van der Waals surface area contributed by atoms with Crippen LogP contribution in [0.2, 0.25) is 0 Å². The van der Waals surface area contributed by atoms with Gasteiger partial charge in [0.15, 0.2) is 16.4 Å². The lowest BCUT2D eigenvalue weighted by Crippen LogP contribution is -2.19. The Labute approximate surface area is 173 Å². The van der Waals surface area contributed by atoms with Crippen LogP contribution in [-0.2, 0) is 10.8 Å². The Morgan fingerprint density at radius 1 is 0.759 bits per heavy atom. The van der Waals surface area contributed by atoms with Crippen LogP contribution in [0.4, 0.5) is 11.4 Å². The number of rotatable bonds is 5. The molecule has 0 saturated heterocycles. The van der Waals surface area contributed by atoms with E-state index < -0.39 is 0 Å². The van der Waals surface area contributed by atoms with Gasteiger partial charge in [0.25, 0.3) is 0 Å². The molecule has 0 atom stereocenters. The summed E-state index contributed by atoms with van der Waals surface area (Å²) in [5.74, 6) is -0.338. The van der Waals surface area contributed by atoms with Crippen molar-refractivity contribution in [3.05, 3.63) is 63.6 Å². The van der Waals surface area contributed by atoms with E-state index in [1.54, 1.807) is 18.2 Å². The highest BCUT2D eigenvalue weighted by Gasteiger charge is 2.28. The topological polar surface area (TPSA) is 66.2 Å². The molecule has 29 heavy (non-hydrogen) atoms. The number of nitroso groups, excluding NO2 is 1. The quantitative estimate of drug-likeness (QED) is 0.376.